The van der Waals surface area contributed by atoms with Crippen LogP contribution in [0, 0.1) is 0 Å². The first-order valence-electron chi connectivity index (χ1n) is 7.63. The quantitative estimate of drug-likeness (QED) is 0.400. The summed E-state index contributed by atoms with van der Waals surface area (Å²) in [6.07, 6.45) is 2.64. The van der Waals surface area contributed by atoms with Gasteiger partial charge in [0.2, 0.25) is 0 Å². The molecule has 1 aromatic carbocycles. The largest absolute Gasteiger partial charge is 0.545 e. The number of carboxylic acids is 1. The number of carbonyl (C=O) groups excluding carboxylic acids is 3. The maximum atomic E-state index is 11.6. The van der Waals surface area contributed by atoms with Crippen molar-refractivity contribution < 1.29 is 28.6 Å². The number of carboxylic acid groups (broad SMARTS) is 1. The Hall–Kier alpha value is -3.62. The summed E-state index contributed by atoms with van der Waals surface area (Å²) in [5, 5.41) is 17.1. The third kappa shape index (κ3) is 5.20. The van der Waals surface area contributed by atoms with Gasteiger partial charge >= 0.3 is 11.8 Å². The van der Waals surface area contributed by atoms with E-state index in [1.165, 1.54) is 24.6 Å². The summed E-state index contributed by atoms with van der Waals surface area (Å²) in [4.78, 5) is 34.3. The Morgan fingerprint density at radius 1 is 1.27 bits per heavy atom. The fourth-order valence-corrected chi connectivity index (χ4v) is 1.95. The van der Waals surface area contributed by atoms with Gasteiger partial charge in [0.05, 0.1) is 31.6 Å². The first-order chi connectivity index (χ1) is 12.5. The Bertz CT molecular complexity index is 814. The maximum Gasteiger partial charge on any atom is 0.329 e. The minimum absolute atomic E-state index is 0.0663. The van der Waals surface area contributed by atoms with Crippen LogP contribution in [-0.4, -0.2) is 30.6 Å². The molecule has 0 radical (unpaired) electrons. The van der Waals surface area contributed by atoms with Crippen molar-refractivity contribution in [3.8, 4) is 5.75 Å². The van der Waals surface area contributed by atoms with Crippen LogP contribution in [0.3, 0.4) is 0 Å². The van der Waals surface area contributed by atoms with Crippen LogP contribution < -0.4 is 20.6 Å². The van der Waals surface area contributed by atoms with Crippen LogP contribution in [-0.2, 0) is 16.1 Å². The van der Waals surface area contributed by atoms with E-state index in [1.54, 1.807) is 25.1 Å². The lowest BCUT2D eigenvalue weighted by molar-refractivity contribution is -0.255. The molecule has 9 nitrogen and oxygen atoms in total. The second kappa shape index (κ2) is 9.02. The van der Waals surface area contributed by atoms with Gasteiger partial charge in [-0.3, -0.25) is 9.59 Å². The fourth-order valence-electron chi connectivity index (χ4n) is 1.95. The Balaban J connectivity index is 1.92. The van der Waals surface area contributed by atoms with E-state index in [9.17, 15) is 19.5 Å². The summed E-state index contributed by atoms with van der Waals surface area (Å²) >= 11 is 0. The van der Waals surface area contributed by atoms with Crippen molar-refractivity contribution >= 4 is 24.0 Å². The molecule has 1 heterocycles. The molecule has 2 N–H and O–H groups in total. The number of ether oxygens (including phenoxy) is 1. The lowest BCUT2D eigenvalue weighted by Crippen LogP contribution is -2.37. The summed E-state index contributed by atoms with van der Waals surface area (Å²) in [6.45, 7) is 2.09. The first kappa shape index (κ1) is 18.7. The molecule has 26 heavy (non-hydrogen) atoms. The topological polar surface area (TPSA) is 133 Å². The predicted molar refractivity (Wildman–Crippen MR) is 88.2 cm³/mol. The number of carbonyl (C=O) groups is 3. The minimum atomic E-state index is -1.40. The van der Waals surface area contributed by atoms with Crippen LogP contribution >= 0.6 is 0 Å². The monoisotopic (exact) mass is 358 g/mol. The summed E-state index contributed by atoms with van der Waals surface area (Å²) in [5.41, 5.74) is 2.28. The molecule has 0 saturated heterocycles. The molecule has 2 amide bonds. The van der Waals surface area contributed by atoms with Crippen molar-refractivity contribution in [3.63, 3.8) is 0 Å². The molecule has 0 aliphatic carbocycles. The van der Waals surface area contributed by atoms with Gasteiger partial charge < -0.3 is 24.4 Å². The molecule has 0 bridgehead atoms. The van der Waals surface area contributed by atoms with Crippen molar-refractivity contribution in [2.75, 3.05) is 6.61 Å². The summed E-state index contributed by atoms with van der Waals surface area (Å²) in [7, 11) is 0. The second-order valence-corrected chi connectivity index (χ2v) is 4.94. The van der Waals surface area contributed by atoms with E-state index in [2.05, 4.69) is 10.4 Å². The first-order valence-corrected chi connectivity index (χ1v) is 7.63. The Labute approximate surface area is 148 Å². The highest BCUT2D eigenvalue weighted by molar-refractivity contribution is 6.35. The minimum Gasteiger partial charge on any atom is -0.545 e. The predicted octanol–water partition coefficient (Wildman–Crippen LogP) is -0.192. The molecule has 0 aliphatic heterocycles. The molecule has 0 atom stereocenters. The van der Waals surface area contributed by atoms with Gasteiger partial charge in [-0.1, -0.05) is 0 Å². The van der Waals surface area contributed by atoms with E-state index in [1.807, 2.05) is 5.43 Å². The zero-order chi connectivity index (χ0) is 18.9. The number of furan rings is 1. The van der Waals surface area contributed by atoms with Gasteiger partial charge in [0.25, 0.3) is 0 Å². The standard InChI is InChI=1S/C17H17N3O6/c1-2-25-14-6-5-11(8-13(14)17(23)24)9-19-20-16(22)15(21)18-10-12-4-3-7-26-12/h3-9H,2,10H2,1H3,(H,18,21)(H,20,22)(H,23,24)/p-1/b19-9-. The summed E-state index contributed by atoms with van der Waals surface area (Å²) in [5.74, 6) is -2.59. The Morgan fingerprint density at radius 3 is 2.73 bits per heavy atom. The highest BCUT2D eigenvalue weighted by Crippen LogP contribution is 2.19. The van der Waals surface area contributed by atoms with Gasteiger partial charge in [0, 0.05) is 5.56 Å². The van der Waals surface area contributed by atoms with Gasteiger partial charge in [-0.25, -0.2) is 5.43 Å². The number of hydrogen-bond donors (Lipinski definition) is 2. The molecule has 0 unspecified atom stereocenters. The number of hydrazone groups is 1. The van der Waals surface area contributed by atoms with E-state index in [4.69, 9.17) is 9.15 Å². The average molecular weight is 358 g/mol. The van der Waals surface area contributed by atoms with Crippen molar-refractivity contribution in [3.05, 3.63) is 53.5 Å². The maximum absolute atomic E-state index is 11.6. The molecule has 1 aromatic heterocycles. The fraction of sp³-hybridized carbons (Fsp3) is 0.176. The summed E-state index contributed by atoms with van der Waals surface area (Å²) in [6, 6.07) is 7.59. The second-order valence-electron chi connectivity index (χ2n) is 4.94. The van der Waals surface area contributed by atoms with Crippen LogP contribution in [0.1, 0.15) is 28.6 Å². The molecule has 2 rings (SSSR count). The summed E-state index contributed by atoms with van der Waals surface area (Å²) < 4.78 is 10.2. The smallest absolute Gasteiger partial charge is 0.329 e. The van der Waals surface area contributed by atoms with Crippen molar-refractivity contribution in [2.45, 2.75) is 13.5 Å². The van der Waals surface area contributed by atoms with Gasteiger partial charge in [-0.2, -0.15) is 5.10 Å². The molecule has 0 aliphatic rings. The number of nitrogens with zero attached hydrogens (tertiary/aromatic N) is 1. The van der Waals surface area contributed by atoms with Gasteiger partial charge in [0.15, 0.2) is 0 Å². The molecule has 0 saturated carbocycles. The van der Waals surface area contributed by atoms with E-state index >= 15 is 0 Å². The molecular weight excluding hydrogens is 342 g/mol. The zero-order valence-electron chi connectivity index (χ0n) is 13.9. The van der Waals surface area contributed by atoms with Crippen molar-refractivity contribution in [2.24, 2.45) is 5.10 Å². The van der Waals surface area contributed by atoms with Crippen molar-refractivity contribution in [1.29, 1.82) is 0 Å². The molecule has 9 heteroatoms. The number of benzene rings is 1. The molecule has 136 valence electrons. The third-order valence-electron chi connectivity index (χ3n) is 3.11. The van der Waals surface area contributed by atoms with Gasteiger partial charge in [-0.15, -0.1) is 0 Å². The molecular formula is C17H16N3O6-. The molecule has 2 aromatic rings. The number of amides is 2. The van der Waals surface area contributed by atoms with Crippen LogP contribution in [0.5, 0.6) is 5.75 Å². The number of rotatable bonds is 7. The zero-order valence-corrected chi connectivity index (χ0v) is 13.9. The highest BCUT2D eigenvalue weighted by atomic mass is 16.5. The Kier molecular flexibility index (Phi) is 6.49. The van der Waals surface area contributed by atoms with E-state index < -0.39 is 17.8 Å². The SMILES string of the molecule is CCOc1ccc(/C=N\NC(=O)C(=O)NCc2ccco2)cc1C(=O)[O-]. The van der Waals surface area contributed by atoms with Crippen LogP contribution in [0.25, 0.3) is 0 Å². The number of nitrogens with one attached hydrogen (secondary N) is 2. The average Bonchev–Trinajstić information content (AvgIpc) is 3.14. The van der Waals surface area contributed by atoms with Crippen molar-refractivity contribution in [1.82, 2.24) is 10.7 Å². The third-order valence-corrected chi connectivity index (χ3v) is 3.11. The van der Waals surface area contributed by atoms with Crippen LogP contribution in [0.4, 0.5) is 0 Å². The number of aromatic carboxylic acids is 1. The van der Waals surface area contributed by atoms with E-state index in [0.717, 1.165) is 0 Å². The molecule has 0 fully saturated rings. The Morgan fingerprint density at radius 2 is 2.08 bits per heavy atom. The van der Waals surface area contributed by atoms with E-state index in [-0.39, 0.29) is 17.9 Å². The van der Waals surface area contributed by atoms with E-state index in [0.29, 0.717) is 17.9 Å². The highest BCUT2D eigenvalue weighted by Gasteiger charge is 2.12. The molecule has 0 spiro atoms. The lowest BCUT2D eigenvalue weighted by Gasteiger charge is -2.11. The van der Waals surface area contributed by atoms with Crippen LogP contribution in [0.15, 0.2) is 46.1 Å². The van der Waals surface area contributed by atoms with Gasteiger partial charge in [-0.05, 0) is 42.8 Å². The van der Waals surface area contributed by atoms with Crippen LogP contribution in [0.2, 0.25) is 0 Å². The normalized spacial score (nSPS) is 10.5. The lowest BCUT2D eigenvalue weighted by atomic mass is 10.1. The van der Waals surface area contributed by atoms with Gasteiger partial charge in [0.1, 0.15) is 11.5 Å². The number of hydrogen-bond acceptors (Lipinski definition) is 7.